The van der Waals surface area contributed by atoms with E-state index < -0.39 is 5.60 Å². The number of hydrogen-bond acceptors (Lipinski definition) is 3. The van der Waals surface area contributed by atoms with E-state index in [1.54, 1.807) is 0 Å². The minimum atomic E-state index is -0.430. The van der Waals surface area contributed by atoms with Crippen molar-refractivity contribution >= 4 is 0 Å². The van der Waals surface area contributed by atoms with Gasteiger partial charge in [-0.25, -0.2) is 0 Å². The Morgan fingerprint density at radius 1 is 1.30 bits per heavy atom. The van der Waals surface area contributed by atoms with E-state index in [-0.39, 0.29) is 0 Å². The molecule has 20 heavy (non-hydrogen) atoms. The fraction of sp³-hybridized carbons (Fsp3) is 0.812. The molecule has 1 N–H and O–H groups in total. The van der Waals surface area contributed by atoms with Crippen molar-refractivity contribution in [1.82, 2.24) is 14.7 Å². The monoisotopic (exact) mass is 277 g/mol. The second-order valence-corrected chi connectivity index (χ2v) is 6.70. The van der Waals surface area contributed by atoms with E-state index in [1.165, 1.54) is 32.1 Å². The van der Waals surface area contributed by atoms with Gasteiger partial charge in [-0.2, -0.15) is 5.10 Å². The molecule has 1 saturated carbocycles. The summed E-state index contributed by atoms with van der Waals surface area (Å²) >= 11 is 0. The maximum absolute atomic E-state index is 10.2. The maximum atomic E-state index is 10.2. The van der Waals surface area contributed by atoms with E-state index in [0.717, 1.165) is 38.2 Å². The van der Waals surface area contributed by atoms with Crippen LogP contribution in [0.4, 0.5) is 0 Å². The third kappa shape index (κ3) is 3.07. The first-order valence-electron chi connectivity index (χ1n) is 8.17. The van der Waals surface area contributed by atoms with Gasteiger partial charge in [0.25, 0.3) is 0 Å². The van der Waals surface area contributed by atoms with Gasteiger partial charge in [-0.15, -0.1) is 0 Å². The van der Waals surface area contributed by atoms with E-state index in [2.05, 4.69) is 28.8 Å². The van der Waals surface area contributed by atoms with Gasteiger partial charge < -0.3 is 5.11 Å². The molecule has 1 saturated heterocycles. The van der Waals surface area contributed by atoms with E-state index >= 15 is 0 Å². The number of aromatic nitrogens is 2. The van der Waals surface area contributed by atoms with Crippen molar-refractivity contribution < 1.29 is 5.11 Å². The van der Waals surface area contributed by atoms with Crippen LogP contribution in [-0.2, 0) is 6.54 Å². The summed E-state index contributed by atoms with van der Waals surface area (Å²) in [4.78, 5) is 2.29. The molecule has 2 fully saturated rings. The van der Waals surface area contributed by atoms with Crippen LogP contribution >= 0.6 is 0 Å². The highest BCUT2D eigenvalue weighted by molar-refractivity contribution is 5.04. The van der Waals surface area contributed by atoms with Gasteiger partial charge in [0.05, 0.1) is 17.3 Å². The molecule has 112 valence electrons. The highest BCUT2D eigenvalue weighted by atomic mass is 16.3. The van der Waals surface area contributed by atoms with Crippen LogP contribution in [0.3, 0.4) is 0 Å². The molecule has 1 aliphatic heterocycles. The lowest BCUT2D eigenvalue weighted by atomic mass is 9.89. The number of hydrogen-bond donors (Lipinski definition) is 1. The summed E-state index contributed by atoms with van der Waals surface area (Å²) in [5, 5.41) is 14.9. The van der Waals surface area contributed by atoms with Crippen LogP contribution in [0.2, 0.25) is 0 Å². The van der Waals surface area contributed by atoms with Crippen LogP contribution < -0.4 is 0 Å². The number of β-amino-alcohol motifs (C(OH)–C–C–N with tert-alkyl or cyclic N) is 1. The Labute approximate surface area is 121 Å². The van der Waals surface area contributed by atoms with Gasteiger partial charge >= 0.3 is 0 Å². The highest BCUT2D eigenvalue weighted by Crippen LogP contribution is 2.29. The zero-order valence-electron chi connectivity index (χ0n) is 12.6. The first kappa shape index (κ1) is 14.1. The van der Waals surface area contributed by atoms with E-state index in [1.807, 2.05) is 0 Å². The minimum absolute atomic E-state index is 0.430. The van der Waals surface area contributed by atoms with Crippen molar-refractivity contribution in [2.75, 3.05) is 13.1 Å². The van der Waals surface area contributed by atoms with E-state index in [4.69, 9.17) is 5.10 Å². The summed E-state index contributed by atoms with van der Waals surface area (Å²) < 4.78 is 2.17. The third-order valence-electron chi connectivity index (χ3n) is 4.75. The van der Waals surface area contributed by atoms with Gasteiger partial charge in [-0.1, -0.05) is 32.6 Å². The van der Waals surface area contributed by atoms with Gasteiger partial charge in [0, 0.05) is 25.8 Å². The molecule has 4 heteroatoms. The third-order valence-corrected chi connectivity index (χ3v) is 4.75. The lowest BCUT2D eigenvalue weighted by Crippen LogP contribution is -2.61. The molecule has 0 unspecified atom stereocenters. The molecule has 0 amide bonds. The SMILES string of the molecule is CCCC1(O)CN(Cc2ccn(C3CCCCC3)n2)C1. The Bertz CT molecular complexity index is 431. The Hall–Kier alpha value is -0.870. The second-order valence-electron chi connectivity index (χ2n) is 6.70. The predicted octanol–water partition coefficient (Wildman–Crippen LogP) is 2.74. The lowest BCUT2D eigenvalue weighted by molar-refractivity contribution is -0.107. The fourth-order valence-corrected chi connectivity index (χ4v) is 3.76. The van der Waals surface area contributed by atoms with Crippen molar-refractivity contribution in [3.8, 4) is 0 Å². The Balaban J connectivity index is 1.51. The number of nitrogens with zero attached hydrogens (tertiary/aromatic N) is 3. The number of likely N-dealkylation sites (tertiary alicyclic amines) is 1. The summed E-state index contributed by atoms with van der Waals surface area (Å²) in [7, 11) is 0. The molecule has 0 atom stereocenters. The standard InChI is InChI=1S/C16H27N3O/c1-2-9-16(20)12-18(13-16)11-14-8-10-19(17-14)15-6-4-3-5-7-15/h8,10,15,20H,2-7,9,11-13H2,1H3. The van der Waals surface area contributed by atoms with E-state index in [0.29, 0.717) is 6.04 Å². The molecule has 1 aromatic heterocycles. The average molecular weight is 277 g/mol. The number of rotatable bonds is 5. The van der Waals surface area contributed by atoms with Crippen molar-refractivity contribution in [2.24, 2.45) is 0 Å². The van der Waals surface area contributed by atoms with E-state index in [9.17, 15) is 5.11 Å². The van der Waals surface area contributed by atoms with Gasteiger partial charge in [0.15, 0.2) is 0 Å². The van der Waals surface area contributed by atoms with Crippen LogP contribution in [0.1, 0.15) is 63.6 Å². The fourth-order valence-electron chi connectivity index (χ4n) is 3.76. The Kier molecular flexibility index (Phi) is 4.13. The molecule has 2 aliphatic rings. The molecule has 0 radical (unpaired) electrons. The molecule has 2 heterocycles. The highest BCUT2D eigenvalue weighted by Gasteiger charge is 2.40. The van der Waals surface area contributed by atoms with Gasteiger partial charge in [0.1, 0.15) is 0 Å². The maximum Gasteiger partial charge on any atom is 0.0900 e. The largest absolute Gasteiger partial charge is 0.387 e. The molecular weight excluding hydrogens is 250 g/mol. The van der Waals surface area contributed by atoms with Crippen LogP contribution in [0, 0.1) is 0 Å². The first-order valence-corrected chi connectivity index (χ1v) is 8.17. The van der Waals surface area contributed by atoms with Crippen LogP contribution in [0.5, 0.6) is 0 Å². The molecular formula is C16H27N3O. The van der Waals surface area contributed by atoms with Crippen LogP contribution in [0.25, 0.3) is 0 Å². The first-order chi connectivity index (χ1) is 9.68. The predicted molar refractivity (Wildman–Crippen MR) is 79.5 cm³/mol. The lowest BCUT2D eigenvalue weighted by Gasteiger charge is -2.46. The van der Waals surface area contributed by atoms with Gasteiger partial charge in [0.2, 0.25) is 0 Å². The molecule has 3 rings (SSSR count). The van der Waals surface area contributed by atoms with Crippen molar-refractivity contribution in [3.63, 3.8) is 0 Å². The van der Waals surface area contributed by atoms with Crippen molar-refractivity contribution in [1.29, 1.82) is 0 Å². The van der Waals surface area contributed by atoms with Crippen LogP contribution in [0.15, 0.2) is 12.3 Å². The topological polar surface area (TPSA) is 41.3 Å². The van der Waals surface area contributed by atoms with Crippen LogP contribution in [-0.4, -0.2) is 38.5 Å². The summed E-state index contributed by atoms with van der Waals surface area (Å²) in [5.74, 6) is 0. The average Bonchev–Trinajstić information content (AvgIpc) is 2.87. The Morgan fingerprint density at radius 3 is 2.75 bits per heavy atom. The Morgan fingerprint density at radius 2 is 2.05 bits per heavy atom. The van der Waals surface area contributed by atoms with Crippen molar-refractivity contribution in [2.45, 2.75) is 70.1 Å². The zero-order chi connectivity index (χ0) is 14.0. The minimum Gasteiger partial charge on any atom is -0.387 e. The molecule has 0 aromatic carbocycles. The smallest absolute Gasteiger partial charge is 0.0900 e. The number of aliphatic hydroxyl groups is 1. The summed E-state index contributed by atoms with van der Waals surface area (Å²) in [6.45, 7) is 4.62. The quantitative estimate of drug-likeness (QED) is 0.899. The van der Waals surface area contributed by atoms with Gasteiger partial charge in [-0.05, 0) is 25.3 Å². The zero-order valence-corrected chi connectivity index (χ0v) is 12.6. The summed E-state index contributed by atoms with van der Waals surface area (Å²) in [6.07, 6.45) is 10.7. The van der Waals surface area contributed by atoms with Crippen molar-refractivity contribution in [3.05, 3.63) is 18.0 Å². The molecule has 1 aliphatic carbocycles. The second kappa shape index (κ2) is 5.86. The summed E-state index contributed by atoms with van der Waals surface area (Å²) in [5.41, 5.74) is 0.717. The molecule has 0 spiro atoms. The normalized spacial score (nSPS) is 23.7. The summed E-state index contributed by atoms with van der Waals surface area (Å²) in [6, 6.07) is 2.76. The molecule has 1 aromatic rings. The molecule has 0 bridgehead atoms. The van der Waals surface area contributed by atoms with Gasteiger partial charge in [-0.3, -0.25) is 9.58 Å². The molecule has 4 nitrogen and oxygen atoms in total.